The van der Waals surface area contributed by atoms with Gasteiger partial charge in [0.1, 0.15) is 5.75 Å². The van der Waals surface area contributed by atoms with Crippen molar-refractivity contribution in [3.63, 3.8) is 0 Å². The van der Waals surface area contributed by atoms with Gasteiger partial charge in [0, 0.05) is 41.4 Å². The second-order valence-corrected chi connectivity index (χ2v) is 5.71. The van der Waals surface area contributed by atoms with Gasteiger partial charge < -0.3 is 19.6 Å². The summed E-state index contributed by atoms with van der Waals surface area (Å²) in [4.78, 5) is 15.6. The maximum Gasteiger partial charge on any atom is 0.255 e. The predicted octanol–water partition coefficient (Wildman–Crippen LogP) is 4.22. The number of aromatic amines is 1. The Balaban J connectivity index is 1.60. The summed E-state index contributed by atoms with van der Waals surface area (Å²) in [6.07, 6.45) is 5.75. The van der Waals surface area contributed by atoms with E-state index >= 15 is 0 Å². The number of hydrogen-bond donors (Lipinski definition) is 2. The maximum absolute atomic E-state index is 12.5. The third-order valence-electron chi connectivity index (χ3n) is 4.14. The monoisotopic (exact) mass is 331 g/mol. The predicted molar refractivity (Wildman–Crippen MR) is 98.6 cm³/mol. The number of nitrogens with zero attached hydrogens (tertiary/aromatic N) is 1. The molecule has 4 rings (SSSR count). The number of anilines is 1. The van der Waals surface area contributed by atoms with E-state index in [0.29, 0.717) is 17.0 Å². The summed E-state index contributed by atoms with van der Waals surface area (Å²) in [5.74, 6) is 0.529. The second-order valence-electron chi connectivity index (χ2n) is 5.71. The molecule has 0 bridgehead atoms. The summed E-state index contributed by atoms with van der Waals surface area (Å²) in [7, 11) is 1.62. The van der Waals surface area contributed by atoms with Gasteiger partial charge in [-0.1, -0.05) is 6.07 Å². The van der Waals surface area contributed by atoms with E-state index in [1.807, 2.05) is 77.8 Å². The van der Waals surface area contributed by atoms with Crippen molar-refractivity contribution in [2.24, 2.45) is 0 Å². The Morgan fingerprint density at radius 2 is 1.92 bits per heavy atom. The Kier molecular flexibility index (Phi) is 3.74. The van der Waals surface area contributed by atoms with Crippen molar-refractivity contribution in [2.75, 3.05) is 12.4 Å². The topological polar surface area (TPSA) is 59.0 Å². The molecule has 0 saturated heterocycles. The fraction of sp³-hybridized carbons (Fsp3) is 0.0500. The van der Waals surface area contributed by atoms with Gasteiger partial charge in [0.2, 0.25) is 0 Å². The fourth-order valence-electron chi connectivity index (χ4n) is 2.86. The molecule has 2 N–H and O–H groups in total. The van der Waals surface area contributed by atoms with E-state index in [0.717, 1.165) is 16.6 Å². The fourth-order valence-corrected chi connectivity index (χ4v) is 2.86. The number of amides is 1. The summed E-state index contributed by atoms with van der Waals surface area (Å²) >= 11 is 0. The SMILES string of the molecule is COc1cc(NC(=O)c2ccc3cc[nH]c3c2)ccc1-n1cccc1. The van der Waals surface area contributed by atoms with Crippen LogP contribution in [0.4, 0.5) is 5.69 Å². The summed E-state index contributed by atoms with van der Waals surface area (Å²) in [5, 5.41) is 4.00. The molecule has 0 aliphatic rings. The van der Waals surface area contributed by atoms with E-state index in [4.69, 9.17) is 4.74 Å². The third kappa shape index (κ3) is 2.87. The summed E-state index contributed by atoms with van der Waals surface area (Å²) < 4.78 is 7.43. The standard InChI is InChI=1S/C20H17N3O2/c1-25-19-13-16(6-7-18(19)23-10-2-3-11-23)22-20(24)15-5-4-14-8-9-21-17(14)12-15/h2-13,21H,1H3,(H,22,24). The third-order valence-corrected chi connectivity index (χ3v) is 4.14. The molecule has 0 aliphatic carbocycles. The number of benzene rings is 2. The van der Waals surface area contributed by atoms with Gasteiger partial charge in [-0.3, -0.25) is 4.79 Å². The Morgan fingerprint density at radius 1 is 1.08 bits per heavy atom. The van der Waals surface area contributed by atoms with Crippen LogP contribution < -0.4 is 10.1 Å². The molecule has 5 nitrogen and oxygen atoms in total. The lowest BCUT2D eigenvalue weighted by molar-refractivity contribution is 0.102. The van der Waals surface area contributed by atoms with Crippen LogP contribution in [0.3, 0.4) is 0 Å². The zero-order valence-electron chi connectivity index (χ0n) is 13.7. The Labute approximate surface area is 144 Å². The number of aromatic nitrogens is 2. The molecule has 5 heteroatoms. The van der Waals surface area contributed by atoms with Gasteiger partial charge in [0.25, 0.3) is 5.91 Å². The maximum atomic E-state index is 12.5. The summed E-state index contributed by atoms with van der Waals surface area (Å²) in [5.41, 5.74) is 3.14. The number of H-pyrrole nitrogens is 1. The zero-order valence-corrected chi connectivity index (χ0v) is 13.7. The van der Waals surface area contributed by atoms with Crippen molar-refractivity contribution in [3.8, 4) is 11.4 Å². The number of hydrogen-bond acceptors (Lipinski definition) is 2. The molecule has 1 amide bonds. The van der Waals surface area contributed by atoms with Crippen LogP contribution in [0, 0.1) is 0 Å². The molecule has 0 unspecified atom stereocenters. The average Bonchev–Trinajstić information content (AvgIpc) is 3.32. The lowest BCUT2D eigenvalue weighted by Gasteiger charge is -2.12. The lowest BCUT2D eigenvalue weighted by Crippen LogP contribution is -2.12. The zero-order chi connectivity index (χ0) is 17.2. The molecule has 0 atom stereocenters. The molecule has 0 fully saturated rings. The van der Waals surface area contributed by atoms with E-state index in [9.17, 15) is 4.79 Å². The van der Waals surface area contributed by atoms with Crippen LogP contribution in [0.25, 0.3) is 16.6 Å². The second kappa shape index (κ2) is 6.20. The van der Waals surface area contributed by atoms with E-state index in [1.165, 1.54) is 0 Å². The van der Waals surface area contributed by atoms with Crippen LogP contribution in [0.1, 0.15) is 10.4 Å². The molecule has 0 aliphatic heterocycles. The molecule has 0 radical (unpaired) electrons. The highest BCUT2D eigenvalue weighted by atomic mass is 16.5. The quantitative estimate of drug-likeness (QED) is 0.588. The molecule has 2 heterocycles. The Hall–Kier alpha value is -3.47. The van der Waals surface area contributed by atoms with Crippen LogP contribution >= 0.6 is 0 Å². The molecule has 124 valence electrons. The highest BCUT2D eigenvalue weighted by Crippen LogP contribution is 2.27. The number of carbonyl (C=O) groups is 1. The van der Waals surface area contributed by atoms with Gasteiger partial charge in [-0.2, -0.15) is 0 Å². The summed E-state index contributed by atoms with van der Waals surface area (Å²) in [6.45, 7) is 0. The smallest absolute Gasteiger partial charge is 0.255 e. The van der Waals surface area contributed by atoms with Crippen molar-refractivity contribution < 1.29 is 9.53 Å². The normalized spacial score (nSPS) is 10.8. The van der Waals surface area contributed by atoms with Crippen LogP contribution in [0.2, 0.25) is 0 Å². The Bertz CT molecular complexity index is 1030. The molecule has 4 aromatic rings. The van der Waals surface area contributed by atoms with Crippen LogP contribution in [-0.2, 0) is 0 Å². The first-order valence-electron chi connectivity index (χ1n) is 7.94. The van der Waals surface area contributed by atoms with Gasteiger partial charge in [-0.05, 0) is 47.9 Å². The molecule has 2 aromatic carbocycles. The Morgan fingerprint density at radius 3 is 2.72 bits per heavy atom. The van der Waals surface area contributed by atoms with E-state index in [1.54, 1.807) is 7.11 Å². The van der Waals surface area contributed by atoms with Crippen molar-refractivity contribution in [1.82, 2.24) is 9.55 Å². The first-order chi connectivity index (χ1) is 12.2. The van der Waals surface area contributed by atoms with Gasteiger partial charge in [-0.25, -0.2) is 0 Å². The molecular formula is C20H17N3O2. The average molecular weight is 331 g/mol. The molecular weight excluding hydrogens is 314 g/mol. The van der Waals surface area contributed by atoms with Gasteiger partial charge in [0.15, 0.2) is 0 Å². The van der Waals surface area contributed by atoms with Crippen molar-refractivity contribution in [1.29, 1.82) is 0 Å². The minimum absolute atomic E-state index is 0.160. The first-order valence-corrected chi connectivity index (χ1v) is 7.94. The molecule has 2 aromatic heterocycles. The highest BCUT2D eigenvalue weighted by Gasteiger charge is 2.10. The number of ether oxygens (including phenoxy) is 1. The highest BCUT2D eigenvalue weighted by molar-refractivity contribution is 6.06. The van der Waals surface area contributed by atoms with E-state index < -0.39 is 0 Å². The van der Waals surface area contributed by atoms with Gasteiger partial charge in [0.05, 0.1) is 12.8 Å². The largest absolute Gasteiger partial charge is 0.494 e. The summed E-state index contributed by atoms with van der Waals surface area (Å²) in [6, 6.07) is 17.1. The van der Waals surface area contributed by atoms with Crippen molar-refractivity contribution in [2.45, 2.75) is 0 Å². The number of fused-ring (bicyclic) bond motifs is 1. The minimum atomic E-state index is -0.160. The van der Waals surface area contributed by atoms with E-state index in [-0.39, 0.29) is 5.91 Å². The van der Waals surface area contributed by atoms with Crippen LogP contribution in [0.5, 0.6) is 5.75 Å². The van der Waals surface area contributed by atoms with Gasteiger partial charge in [-0.15, -0.1) is 0 Å². The number of rotatable bonds is 4. The van der Waals surface area contributed by atoms with Crippen LogP contribution in [0.15, 0.2) is 73.2 Å². The number of nitrogens with one attached hydrogen (secondary N) is 2. The van der Waals surface area contributed by atoms with E-state index in [2.05, 4.69) is 10.3 Å². The van der Waals surface area contributed by atoms with Gasteiger partial charge >= 0.3 is 0 Å². The molecule has 0 saturated carbocycles. The number of carbonyl (C=O) groups excluding carboxylic acids is 1. The lowest BCUT2D eigenvalue weighted by atomic mass is 10.1. The molecule has 25 heavy (non-hydrogen) atoms. The van der Waals surface area contributed by atoms with Crippen molar-refractivity contribution in [3.05, 3.63) is 78.8 Å². The number of methoxy groups -OCH3 is 1. The van der Waals surface area contributed by atoms with Crippen molar-refractivity contribution >= 4 is 22.5 Å². The molecule has 0 spiro atoms. The minimum Gasteiger partial charge on any atom is -0.494 e. The first kappa shape index (κ1) is 15.1. The van der Waals surface area contributed by atoms with Crippen LogP contribution in [-0.4, -0.2) is 22.6 Å².